The lowest BCUT2D eigenvalue weighted by Crippen LogP contribution is -2.35. The second-order valence-corrected chi connectivity index (χ2v) is 5.31. The first-order chi connectivity index (χ1) is 9.92. The normalized spacial score (nSPS) is 17.2. The number of piperidine rings is 1. The summed E-state index contributed by atoms with van der Waals surface area (Å²) < 4.78 is 5.75. The molecule has 2 heterocycles. The van der Waals surface area contributed by atoms with Crippen LogP contribution in [0.25, 0.3) is 0 Å². The fourth-order valence-corrected chi connectivity index (χ4v) is 2.78. The Labute approximate surface area is 119 Å². The van der Waals surface area contributed by atoms with Gasteiger partial charge in [-0.05, 0) is 49.5 Å². The molecule has 1 saturated heterocycles. The summed E-state index contributed by atoms with van der Waals surface area (Å²) in [5.74, 6) is 1.63. The van der Waals surface area contributed by atoms with E-state index in [-0.39, 0.29) is 0 Å². The molecule has 0 amide bonds. The summed E-state index contributed by atoms with van der Waals surface area (Å²) in [6.45, 7) is 4.06. The number of hydrogen-bond acceptors (Lipinski definition) is 3. The van der Waals surface area contributed by atoms with E-state index in [2.05, 4.69) is 15.1 Å². The summed E-state index contributed by atoms with van der Waals surface area (Å²) in [7, 11) is 0. The van der Waals surface area contributed by atoms with Crippen molar-refractivity contribution in [2.24, 2.45) is 0 Å². The van der Waals surface area contributed by atoms with Crippen molar-refractivity contribution < 1.29 is 4.74 Å². The zero-order chi connectivity index (χ0) is 13.6. The van der Waals surface area contributed by atoms with Crippen molar-refractivity contribution in [2.45, 2.75) is 18.8 Å². The van der Waals surface area contributed by atoms with E-state index in [4.69, 9.17) is 4.74 Å². The van der Waals surface area contributed by atoms with Gasteiger partial charge in [0.25, 0.3) is 0 Å². The number of hydrogen-bond donors (Lipinski definition) is 1. The van der Waals surface area contributed by atoms with Gasteiger partial charge >= 0.3 is 0 Å². The van der Waals surface area contributed by atoms with Gasteiger partial charge in [-0.25, -0.2) is 0 Å². The van der Waals surface area contributed by atoms with Crippen LogP contribution in [0.5, 0.6) is 5.75 Å². The number of likely N-dealkylation sites (tertiary alicyclic amines) is 1. The maximum atomic E-state index is 5.75. The molecular formula is C16H21N3O. The molecule has 4 nitrogen and oxygen atoms in total. The van der Waals surface area contributed by atoms with Crippen LogP contribution in [-0.2, 0) is 0 Å². The summed E-state index contributed by atoms with van der Waals surface area (Å²) in [4.78, 5) is 2.49. The van der Waals surface area contributed by atoms with Gasteiger partial charge in [-0.3, -0.25) is 10.00 Å². The van der Waals surface area contributed by atoms with E-state index in [1.54, 1.807) is 0 Å². The van der Waals surface area contributed by atoms with Gasteiger partial charge in [-0.15, -0.1) is 0 Å². The number of ether oxygens (including phenoxy) is 1. The third-order valence-electron chi connectivity index (χ3n) is 4.00. The summed E-state index contributed by atoms with van der Waals surface area (Å²) >= 11 is 0. The molecule has 0 bridgehead atoms. The van der Waals surface area contributed by atoms with Crippen molar-refractivity contribution in [1.82, 2.24) is 15.1 Å². The van der Waals surface area contributed by atoms with Crippen LogP contribution < -0.4 is 4.74 Å². The zero-order valence-corrected chi connectivity index (χ0v) is 11.7. The monoisotopic (exact) mass is 271 g/mol. The highest BCUT2D eigenvalue weighted by molar-refractivity contribution is 5.20. The van der Waals surface area contributed by atoms with Gasteiger partial charge in [0.15, 0.2) is 0 Å². The lowest BCUT2D eigenvalue weighted by molar-refractivity contribution is 0.173. The highest BCUT2D eigenvalue weighted by Crippen LogP contribution is 2.26. The van der Waals surface area contributed by atoms with E-state index >= 15 is 0 Å². The first kappa shape index (κ1) is 13.2. The molecule has 1 fully saturated rings. The van der Waals surface area contributed by atoms with Crippen LogP contribution in [0.3, 0.4) is 0 Å². The minimum atomic E-state index is 0.667. The third kappa shape index (κ3) is 3.39. The third-order valence-corrected chi connectivity index (χ3v) is 4.00. The summed E-state index contributed by atoms with van der Waals surface area (Å²) in [5, 5.41) is 6.95. The number of nitrogens with zero attached hydrogens (tertiary/aromatic N) is 2. The second-order valence-electron chi connectivity index (χ2n) is 5.31. The quantitative estimate of drug-likeness (QED) is 0.909. The lowest BCUT2D eigenvalue weighted by Gasteiger charge is -2.31. The molecule has 0 spiro atoms. The van der Waals surface area contributed by atoms with Crippen molar-refractivity contribution in [1.29, 1.82) is 0 Å². The van der Waals surface area contributed by atoms with Crippen LogP contribution in [0, 0.1) is 0 Å². The van der Waals surface area contributed by atoms with Crippen molar-refractivity contribution >= 4 is 0 Å². The zero-order valence-electron chi connectivity index (χ0n) is 11.7. The van der Waals surface area contributed by atoms with Crippen LogP contribution in [0.2, 0.25) is 0 Å². The Morgan fingerprint density at radius 1 is 1.20 bits per heavy atom. The first-order valence-electron chi connectivity index (χ1n) is 7.31. The molecule has 0 unspecified atom stereocenters. The average molecular weight is 271 g/mol. The number of benzene rings is 1. The molecular weight excluding hydrogens is 250 g/mol. The van der Waals surface area contributed by atoms with E-state index in [0.29, 0.717) is 5.92 Å². The van der Waals surface area contributed by atoms with Crippen molar-refractivity contribution in [3.8, 4) is 5.75 Å². The Morgan fingerprint density at radius 2 is 2.00 bits per heavy atom. The molecule has 3 rings (SSSR count). The molecule has 0 radical (unpaired) electrons. The van der Waals surface area contributed by atoms with E-state index < -0.39 is 0 Å². The van der Waals surface area contributed by atoms with Crippen molar-refractivity contribution in [3.63, 3.8) is 0 Å². The van der Waals surface area contributed by atoms with Crippen LogP contribution in [-0.4, -0.2) is 41.3 Å². The number of H-pyrrole nitrogens is 1. The predicted molar refractivity (Wildman–Crippen MR) is 78.9 cm³/mol. The molecule has 1 N–H and O–H groups in total. The number of para-hydroxylation sites is 1. The Kier molecular flexibility index (Phi) is 4.33. The van der Waals surface area contributed by atoms with E-state index in [1.165, 1.54) is 18.4 Å². The Bertz CT molecular complexity index is 490. The summed E-state index contributed by atoms with van der Waals surface area (Å²) in [6.07, 6.45) is 6.41. The molecule has 1 aromatic heterocycles. The maximum absolute atomic E-state index is 5.75. The van der Waals surface area contributed by atoms with Gasteiger partial charge in [-0.1, -0.05) is 18.2 Å². The molecule has 1 aliphatic rings. The lowest BCUT2D eigenvalue weighted by atomic mass is 9.92. The van der Waals surface area contributed by atoms with E-state index in [1.807, 2.05) is 42.7 Å². The minimum Gasteiger partial charge on any atom is -0.492 e. The number of rotatable bonds is 5. The Hall–Kier alpha value is -1.81. The van der Waals surface area contributed by atoms with Gasteiger partial charge < -0.3 is 4.74 Å². The fourth-order valence-electron chi connectivity index (χ4n) is 2.78. The predicted octanol–water partition coefficient (Wildman–Crippen LogP) is 2.67. The van der Waals surface area contributed by atoms with E-state index in [9.17, 15) is 0 Å². The number of aromatic nitrogens is 2. The smallest absolute Gasteiger partial charge is 0.119 e. The van der Waals surface area contributed by atoms with Gasteiger partial charge in [0, 0.05) is 12.7 Å². The van der Waals surface area contributed by atoms with Gasteiger partial charge in [0.2, 0.25) is 0 Å². The standard InChI is InChI=1S/C16H21N3O/c1-2-4-16(5-3-1)20-11-10-19-8-6-14(7-9-19)15-12-17-18-13-15/h1-5,12-14H,6-11H2,(H,17,18). The average Bonchev–Trinajstić information content (AvgIpc) is 3.03. The SMILES string of the molecule is c1ccc(OCCN2CCC(c3cn[nH]c3)CC2)cc1. The maximum Gasteiger partial charge on any atom is 0.119 e. The van der Waals surface area contributed by atoms with Crippen LogP contribution in [0.4, 0.5) is 0 Å². The number of aromatic amines is 1. The topological polar surface area (TPSA) is 41.1 Å². The molecule has 0 saturated carbocycles. The van der Waals surface area contributed by atoms with Gasteiger partial charge in [0.1, 0.15) is 12.4 Å². The van der Waals surface area contributed by atoms with Gasteiger partial charge in [0.05, 0.1) is 6.20 Å². The molecule has 106 valence electrons. The first-order valence-corrected chi connectivity index (χ1v) is 7.31. The summed E-state index contributed by atoms with van der Waals surface area (Å²) in [5.41, 5.74) is 1.35. The molecule has 0 atom stereocenters. The fraction of sp³-hybridized carbons (Fsp3) is 0.438. The highest BCUT2D eigenvalue weighted by atomic mass is 16.5. The van der Waals surface area contributed by atoms with Crippen LogP contribution in [0.15, 0.2) is 42.7 Å². The second kappa shape index (κ2) is 6.57. The van der Waals surface area contributed by atoms with Crippen molar-refractivity contribution in [3.05, 3.63) is 48.3 Å². The van der Waals surface area contributed by atoms with Crippen LogP contribution in [0.1, 0.15) is 24.3 Å². The van der Waals surface area contributed by atoms with E-state index in [0.717, 1.165) is 32.0 Å². The summed E-state index contributed by atoms with van der Waals surface area (Å²) in [6, 6.07) is 10.0. The molecule has 1 aromatic carbocycles. The van der Waals surface area contributed by atoms with Gasteiger partial charge in [-0.2, -0.15) is 5.10 Å². The number of nitrogens with one attached hydrogen (secondary N) is 1. The molecule has 1 aliphatic heterocycles. The Morgan fingerprint density at radius 3 is 2.70 bits per heavy atom. The minimum absolute atomic E-state index is 0.667. The largest absolute Gasteiger partial charge is 0.492 e. The molecule has 4 heteroatoms. The molecule has 0 aliphatic carbocycles. The van der Waals surface area contributed by atoms with Crippen LogP contribution >= 0.6 is 0 Å². The highest BCUT2D eigenvalue weighted by Gasteiger charge is 2.20. The van der Waals surface area contributed by atoms with Crippen molar-refractivity contribution in [2.75, 3.05) is 26.2 Å². The Balaban J connectivity index is 1.39. The molecule has 20 heavy (non-hydrogen) atoms. The molecule has 2 aromatic rings.